The Morgan fingerprint density at radius 2 is 1.63 bits per heavy atom. The molecule has 2 amide bonds. The number of alkyl carbamates (subject to hydrolysis) is 1. The Morgan fingerprint density at radius 3 is 2.23 bits per heavy atom. The van der Waals surface area contributed by atoms with Gasteiger partial charge >= 0.3 is 12.1 Å². The average Bonchev–Trinajstić information content (AvgIpc) is 3.22. The van der Waals surface area contributed by atoms with Crippen LogP contribution in [-0.4, -0.2) is 54.2 Å². The van der Waals surface area contributed by atoms with Gasteiger partial charge in [-0.3, -0.25) is 9.59 Å². The number of nitrogens with zero attached hydrogens (tertiary/aromatic N) is 1. The van der Waals surface area contributed by atoms with Gasteiger partial charge in [0.15, 0.2) is 0 Å². The van der Waals surface area contributed by atoms with Crippen LogP contribution in [0.25, 0.3) is 11.1 Å². The van der Waals surface area contributed by atoms with E-state index in [2.05, 4.69) is 29.6 Å². The number of piperidine rings is 1. The van der Waals surface area contributed by atoms with E-state index in [0.717, 1.165) is 24.0 Å². The van der Waals surface area contributed by atoms with E-state index in [-0.39, 0.29) is 30.9 Å². The van der Waals surface area contributed by atoms with E-state index in [1.165, 1.54) is 11.1 Å². The van der Waals surface area contributed by atoms with Crippen molar-refractivity contribution in [3.05, 3.63) is 59.7 Å². The van der Waals surface area contributed by atoms with Crippen LogP contribution >= 0.6 is 0 Å². The first-order valence-electron chi connectivity index (χ1n) is 12.6. The van der Waals surface area contributed by atoms with E-state index in [1.807, 2.05) is 24.3 Å². The van der Waals surface area contributed by atoms with E-state index in [4.69, 9.17) is 4.74 Å². The summed E-state index contributed by atoms with van der Waals surface area (Å²) in [7, 11) is 0. The Morgan fingerprint density at radius 1 is 1.00 bits per heavy atom. The second-order valence-electron chi connectivity index (χ2n) is 10.7. The molecule has 182 valence electrons. The molecule has 4 aliphatic rings. The lowest BCUT2D eigenvalue weighted by Gasteiger charge is -2.33. The van der Waals surface area contributed by atoms with Gasteiger partial charge in [-0.05, 0) is 47.4 Å². The van der Waals surface area contributed by atoms with E-state index in [0.29, 0.717) is 32.4 Å². The molecule has 2 saturated carbocycles. The molecule has 2 aromatic carbocycles. The molecule has 3 fully saturated rings. The molecule has 2 atom stereocenters. The Balaban J connectivity index is 1.09. The molecule has 0 bridgehead atoms. The number of fused-ring (bicyclic) bond motifs is 4. The maximum atomic E-state index is 13.5. The standard InChI is InChI=1S/C28H30N2O5/c31-24(30-14-18-13-28(18,17-30)25(32)33)27(11-5-6-12-27)16-29-26(34)35-15-23-21-9-3-1-7-19(21)20-8-2-4-10-22(20)23/h1-4,7-10,18,23H,5-6,11-17H2,(H,29,34)(H,32,33). The van der Waals surface area contributed by atoms with Crippen LogP contribution < -0.4 is 5.32 Å². The molecule has 1 heterocycles. The highest BCUT2D eigenvalue weighted by Crippen LogP contribution is 2.58. The molecule has 1 saturated heterocycles. The number of ether oxygens (including phenoxy) is 1. The molecule has 35 heavy (non-hydrogen) atoms. The number of hydrogen-bond acceptors (Lipinski definition) is 4. The predicted octanol–water partition coefficient (Wildman–Crippen LogP) is 4.02. The third-order valence-electron chi connectivity index (χ3n) is 8.79. The third-order valence-corrected chi connectivity index (χ3v) is 8.79. The number of aliphatic carboxylic acids is 1. The van der Waals surface area contributed by atoms with Gasteiger partial charge in [0.2, 0.25) is 5.91 Å². The smallest absolute Gasteiger partial charge is 0.407 e. The molecule has 2 unspecified atom stereocenters. The highest BCUT2D eigenvalue weighted by molar-refractivity contribution is 5.87. The number of benzene rings is 2. The molecule has 2 N–H and O–H groups in total. The minimum atomic E-state index is -0.796. The fourth-order valence-corrected chi connectivity index (χ4v) is 6.71. The van der Waals surface area contributed by atoms with E-state index in [9.17, 15) is 19.5 Å². The molecule has 7 nitrogen and oxygen atoms in total. The number of carboxylic acid groups (broad SMARTS) is 1. The zero-order valence-electron chi connectivity index (χ0n) is 19.7. The van der Waals surface area contributed by atoms with Gasteiger partial charge < -0.3 is 20.1 Å². The topological polar surface area (TPSA) is 95.9 Å². The maximum Gasteiger partial charge on any atom is 0.407 e. The number of rotatable bonds is 6. The number of amides is 2. The van der Waals surface area contributed by atoms with Crippen LogP contribution in [0.15, 0.2) is 48.5 Å². The lowest BCUT2D eigenvalue weighted by molar-refractivity contribution is -0.145. The number of carbonyl (C=O) groups is 3. The van der Waals surface area contributed by atoms with Crippen molar-refractivity contribution >= 4 is 18.0 Å². The molecule has 1 aliphatic heterocycles. The molecule has 7 heteroatoms. The summed E-state index contributed by atoms with van der Waals surface area (Å²) in [5.74, 6) is -0.756. The highest BCUT2D eigenvalue weighted by atomic mass is 16.5. The van der Waals surface area contributed by atoms with Crippen molar-refractivity contribution < 1.29 is 24.2 Å². The van der Waals surface area contributed by atoms with Crippen LogP contribution in [0, 0.1) is 16.7 Å². The van der Waals surface area contributed by atoms with Gasteiger partial charge in [0.05, 0.1) is 10.8 Å². The van der Waals surface area contributed by atoms with Gasteiger partial charge in [-0.2, -0.15) is 0 Å². The zero-order valence-corrected chi connectivity index (χ0v) is 19.7. The van der Waals surface area contributed by atoms with Crippen molar-refractivity contribution in [3.63, 3.8) is 0 Å². The summed E-state index contributed by atoms with van der Waals surface area (Å²) >= 11 is 0. The van der Waals surface area contributed by atoms with Crippen molar-refractivity contribution in [1.82, 2.24) is 10.2 Å². The molecule has 0 radical (unpaired) electrons. The van der Waals surface area contributed by atoms with Crippen LogP contribution in [0.4, 0.5) is 4.79 Å². The molecule has 2 aromatic rings. The fraction of sp³-hybridized carbons (Fsp3) is 0.464. The average molecular weight is 475 g/mol. The minimum Gasteiger partial charge on any atom is -0.481 e. The normalized spacial score (nSPS) is 25.5. The van der Waals surface area contributed by atoms with Crippen LogP contribution in [-0.2, 0) is 14.3 Å². The van der Waals surface area contributed by atoms with Crippen LogP contribution in [0.5, 0.6) is 0 Å². The second kappa shape index (κ2) is 8.11. The predicted molar refractivity (Wildman–Crippen MR) is 129 cm³/mol. The maximum absolute atomic E-state index is 13.5. The summed E-state index contributed by atoms with van der Waals surface area (Å²) < 4.78 is 5.67. The summed E-state index contributed by atoms with van der Waals surface area (Å²) in [4.78, 5) is 39.6. The van der Waals surface area contributed by atoms with Crippen LogP contribution in [0.3, 0.4) is 0 Å². The van der Waals surface area contributed by atoms with Gasteiger partial charge in [0.25, 0.3) is 0 Å². The summed E-state index contributed by atoms with van der Waals surface area (Å²) in [6.07, 6.45) is 3.42. The number of likely N-dealkylation sites (tertiary alicyclic amines) is 1. The monoisotopic (exact) mass is 474 g/mol. The van der Waals surface area contributed by atoms with E-state index >= 15 is 0 Å². The largest absolute Gasteiger partial charge is 0.481 e. The van der Waals surface area contributed by atoms with Crippen LogP contribution in [0.1, 0.15) is 49.1 Å². The fourth-order valence-electron chi connectivity index (χ4n) is 6.71. The minimum absolute atomic E-state index is 0.0122. The molecule has 0 spiro atoms. The Labute approximate surface area is 204 Å². The molecular formula is C28H30N2O5. The molecule has 0 aromatic heterocycles. The third kappa shape index (κ3) is 3.51. The molecule has 3 aliphatic carbocycles. The number of nitrogens with one attached hydrogen (secondary N) is 1. The lowest BCUT2D eigenvalue weighted by atomic mass is 9.84. The molecule has 6 rings (SSSR count). The van der Waals surface area contributed by atoms with Gasteiger partial charge in [-0.25, -0.2) is 4.79 Å². The van der Waals surface area contributed by atoms with Gasteiger partial charge in [-0.15, -0.1) is 0 Å². The summed E-state index contributed by atoms with van der Waals surface area (Å²) in [6.45, 7) is 1.26. The number of hydrogen-bond donors (Lipinski definition) is 2. The van der Waals surface area contributed by atoms with E-state index < -0.39 is 22.9 Å². The summed E-state index contributed by atoms with van der Waals surface area (Å²) in [6, 6.07) is 16.4. The first-order valence-corrected chi connectivity index (χ1v) is 12.6. The van der Waals surface area contributed by atoms with E-state index in [1.54, 1.807) is 4.90 Å². The first-order chi connectivity index (χ1) is 16.9. The quantitative estimate of drug-likeness (QED) is 0.659. The summed E-state index contributed by atoms with van der Waals surface area (Å²) in [5.41, 5.74) is 3.26. The van der Waals surface area contributed by atoms with Crippen molar-refractivity contribution in [2.45, 2.75) is 38.0 Å². The SMILES string of the molecule is O=C(NCC1(C(=O)N2CC3CC3(C(=O)O)C2)CCCC1)OCC1c2ccccc2-c2ccccc21. The zero-order chi connectivity index (χ0) is 24.2. The second-order valence-corrected chi connectivity index (χ2v) is 10.7. The Bertz CT molecular complexity index is 1160. The number of carbonyl (C=O) groups excluding carboxylic acids is 2. The van der Waals surface area contributed by atoms with Gasteiger partial charge in [0.1, 0.15) is 6.61 Å². The van der Waals surface area contributed by atoms with Crippen molar-refractivity contribution in [2.24, 2.45) is 16.7 Å². The highest BCUT2D eigenvalue weighted by Gasteiger charge is 2.67. The lowest BCUT2D eigenvalue weighted by Crippen LogP contribution is -2.49. The summed E-state index contributed by atoms with van der Waals surface area (Å²) in [5, 5.41) is 12.5. The van der Waals surface area contributed by atoms with Crippen molar-refractivity contribution in [1.29, 1.82) is 0 Å². The van der Waals surface area contributed by atoms with Crippen molar-refractivity contribution in [2.75, 3.05) is 26.2 Å². The van der Waals surface area contributed by atoms with Crippen LogP contribution in [0.2, 0.25) is 0 Å². The number of carboxylic acids is 1. The molecular weight excluding hydrogens is 444 g/mol. The first kappa shape index (κ1) is 22.1. The van der Waals surface area contributed by atoms with Gasteiger partial charge in [-0.1, -0.05) is 61.4 Å². The van der Waals surface area contributed by atoms with Gasteiger partial charge in [0, 0.05) is 25.6 Å². The Hall–Kier alpha value is -3.35. The Kier molecular flexibility index (Phi) is 5.13. The van der Waals surface area contributed by atoms with Crippen molar-refractivity contribution in [3.8, 4) is 11.1 Å².